The number of aromatic nitrogens is 3. The number of hydrogen-bond acceptors (Lipinski definition) is 8. The van der Waals surface area contributed by atoms with Crippen molar-refractivity contribution in [1.82, 2.24) is 14.6 Å². The lowest BCUT2D eigenvalue weighted by Crippen LogP contribution is -2.30. The van der Waals surface area contributed by atoms with Gasteiger partial charge in [0.15, 0.2) is 9.84 Å². The molecule has 0 unspecified atom stereocenters. The Hall–Kier alpha value is -2.32. The van der Waals surface area contributed by atoms with E-state index in [4.69, 9.17) is 0 Å². The molecule has 1 aromatic carbocycles. The van der Waals surface area contributed by atoms with Crippen LogP contribution in [-0.2, 0) is 15.4 Å². The van der Waals surface area contributed by atoms with Crippen LogP contribution in [0.4, 0.5) is 0 Å². The van der Waals surface area contributed by atoms with Crippen molar-refractivity contribution in [1.29, 1.82) is 5.26 Å². The molecule has 0 amide bonds. The van der Waals surface area contributed by atoms with Gasteiger partial charge in [0.1, 0.15) is 16.7 Å². The molecule has 0 radical (unpaired) electrons. The van der Waals surface area contributed by atoms with Crippen LogP contribution in [0.3, 0.4) is 0 Å². The molecule has 0 aliphatic heterocycles. The second kappa shape index (κ2) is 6.88. The van der Waals surface area contributed by atoms with Crippen molar-refractivity contribution in [2.45, 2.75) is 50.7 Å². The molecule has 154 valence electrons. The molecule has 2 aromatic heterocycles. The van der Waals surface area contributed by atoms with Gasteiger partial charge >= 0.3 is 0 Å². The Morgan fingerprint density at radius 1 is 1.24 bits per heavy atom. The third kappa shape index (κ3) is 4.18. The van der Waals surface area contributed by atoms with Crippen molar-refractivity contribution in [3.05, 3.63) is 34.5 Å². The van der Waals surface area contributed by atoms with E-state index in [1.165, 1.54) is 37.3 Å². The zero-order valence-corrected chi connectivity index (χ0v) is 18.4. The summed E-state index contributed by atoms with van der Waals surface area (Å²) >= 11 is 1.25. The largest absolute Gasteiger partial charge is 0.389 e. The maximum atomic E-state index is 12.9. The van der Waals surface area contributed by atoms with Crippen molar-refractivity contribution in [2.24, 2.45) is 0 Å². The Balaban J connectivity index is 2.22. The molecule has 0 aliphatic carbocycles. The molecule has 10 heteroatoms. The topological polar surface area (TPSA) is 129 Å². The lowest BCUT2D eigenvalue weighted by Gasteiger charge is -2.18. The van der Waals surface area contributed by atoms with E-state index in [0.717, 1.165) is 0 Å². The van der Waals surface area contributed by atoms with Crippen LogP contribution in [0.15, 0.2) is 23.1 Å². The van der Waals surface area contributed by atoms with Gasteiger partial charge in [-0.25, -0.2) is 17.9 Å². The number of imidazole rings is 1. The van der Waals surface area contributed by atoms with Crippen LogP contribution in [0.2, 0.25) is 0 Å². The highest BCUT2D eigenvalue weighted by Crippen LogP contribution is 2.33. The van der Waals surface area contributed by atoms with E-state index in [0.29, 0.717) is 26.9 Å². The van der Waals surface area contributed by atoms with Crippen LogP contribution in [-0.4, -0.2) is 44.6 Å². The molecule has 2 N–H and O–H groups in total. The summed E-state index contributed by atoms with van der Waals surface area (Å²) in [6.07, 6.45) is 0. The highest BCUT2D eigenvalue weighted by Gasteiger charge is 2.29. The molecule has 0 spiro atoms. The minimum Gasteiger partial charge on any atom is -0.389 e. The summed E-state index contributed by atoms with van der Waals surface area (Å²) < 4.78 is 27.3. The number of aliphatic hydroxyl groups is 2. The van der Waals surface area contributed by atoms with Crippen LogP contribution in [0.5, 0.6) is 0 Å². The van der Waals surface area contributed by atoms with E-state index in [1.807, 2.05) is 6.07 Å². The van der Waals surface area contributed by atoms with E-state index >= 15 is 0 Å². The lowest BCUT2D eigenvalue weighted by atomic mass is 10.1. The quantitative estimate of drug-likeness (QED) is 0.631. The van der Waals surface area contributed by atoms with E-state index in [1.54, 1.807) is 31.4 Å². The Kier molecular flexibility index (Phi) is 5.07. The molecule has 8 nitrogen and oxygen atoms in total. The first-order valence-corrected chi connectivity index (χ1v) is 11.3. The van der Waals surface area contributed by atoms with Crippen LogP contribution >= 0.6 is 11.3 Å². The smallest absolute Gasteiger partial charge is 0.213 e. The fourth-order valence-electron chi connectivity index (χ4n) is 2.99. The van der Waals surface area contributed by atoms with E-state index < -0.39 is 26.8 Å². The van der Waals surface area contributed by atoms with Gasteiger partial charge in [0, 0.05) is 5.56 Å². The Morgan fingerprint density at radius 3 is 2.45 bits per heavy atom. The van der Waals surface area contributed by atoms with Gasteiger partial charge in [-0.3, -0.25) is 0 Å². The SMILES string of the molecule is Cc1nc2sc(C(C)(C)O)nn2c1-c1ccc(C#N)c(S(=O)(=O)CC(C)(C)O)c1. The highest BCUT2D eigenvalue weighted by atomic mass is 32.2. The Bertz CT molecular complexity index is 1240. The molecule has 0 saturated heterocycles. The summed E-state index contributed by atoms with van der Waals surface area (Å²) in [6, 6.07) is 6.40. The predicted octanol–water partition coefficient (Wildman–Crippen LogP) is 2.41. The van der Waals surface area contributed by atoms with Crippen molar-refractivity contribution in [3.8, 4) is 17.3 Å². The molecule has 3 aromatic rings. The third-order valence-corrected chi connectivity index (χ3v) is 7.47. The standard InChI is InChI=1S/C19H22N4O4S2/c1-11-15(23-17(21-11)28-16(22-23)19(4,5)25)12-6-7-13(9-20)14(8-12)29(26,27)10-18(2,3)24/h6-8,24-25H,10H2,1-5H3. The summed E-state index contributed by atoms with van der Waals surface area (Å²) in [7, 11) is -3.92. The molecule has 0 atom stereocenters. The summed E-state index contributed by atoms with van der Waals surface area (Å²) in [4.78, 5) is 4.89. The van der Waals surface area contributed by atoms with Gasteiger partial charge in [0.2, 0.25) is 4.96 Å². The number of nitriles is 1. The summed E-state index contributed by atoms with van der Waals surface area (Å²) in [5.41, 5.74) is -0.833. The zero-order chi connectivity index (χ0) is 21.8. The first-order valence-electron chi connectivity index (χ1n) is 8.81. The minimum atomic E-state index is -3.92. The number of hydrogen-bond donors (Lipinski definition) is 2. The van der Waals surface area contributed by atoms with Gasteiger partial charge in [-0.15, -0.1) is 0 Å². The average molecular weight is 435 g/mol. The van der Waals surface area contributed by atoms with E-state index in [9.17, 15) is 23.9 Å². The fraction of sp³-hybridized carbons (Fsp3) is 0.421. The lowest BCUT2D eigenvalue weighted by molar-refractivity contribution is 0.0773. The number of fused-ring (bicyclic) bond motifs is 1. The monoisotopic (exact) mass is 434 g/mol. The van der Waals surface area contributed by atoms with Gasteiger partial charge in [-0.1, -0.05) is 17.4 Å². The molecular formula is C19H22N4O4S2. The van der Waals surface area contributed by atoms with Crippen LogP contribution in [0.25, 0.3) is 16.2 Å². The Labute approximate surface area is 173 Å². The fourth-order valence-corrected chi connectivity index (χ4v) is 5.78. The maximum absolute atomic E-state index is 12.9. The van der Waals surface area contributed by atoms with Gasteiger partial charge < -0.3 is 10.2 Å². The van der Waals surface area contributed by atoms with E-state index in [-0.39, 0.29) is 10.5 Å². The molecule has 2 heterocycles. The minimum absolute atomic E-state index is 0.00636. The van der Waals surface area contributed by atoms with Gasteiger partial charge in [-0.05, 0) is 46.8 Å². The van der Waals surface area contributed by atoms with Crippen LogP contribution < -0.4 is 0 Å². The predicted molar refractivity (Wildman–Crippen MR) is 109 cm³/mol. The van der Waals surface area contributed by atoms with Crippen molar-refractivity contribution >= 4 is 26.1 Å². The van der Waals surface area contributed by atoms with Crippen molar-refractivity contribution in [2.75, 3.05) is 5.75 Å². The van der Waals surface area contributed by atoms with Crippen molar-refractivity contribution < 1.29 is 18.6 Å². The van der Waals surface area contributed by atoms with Crippen LogP contribution in [0.1, 0.15) is 44.0 Å². The first kappa shape index (κ1) is 21.4. The molecule has 3 rings (SSSR count). The third-order valence-electron chi connectivity index (χ3n) is 4.16. The van der Waals surface area contributed by atoms with Gasteiger partial charge in [0.05, 0.1) is 33.2 Å². The summed E-state index contributed by atoms with van der Waals surface area (Å²) in [5, 5.41) is 34.5. The van der Waals surface area contributed by atoms with Gasteiger partial charge in [0.25, 0.3) is 0 Å². The highest BCUT2D eigenvalue weighted by molar-refractivity contribution is 7.91. The average Bonchev–Trinajstić information content (AvgIpc) is 3.08. The van der Waals surface area contributed by atoms with Crippen molar-refractivity contribution in [3.63, 3.8) is 0 Å². The number of nitrogens with zero attached hydrogens (tertiary/aromatic N) is 4. The first-order chi connectivity index (χ1) is 13.2. The normalized spacial score (nSPS) is 13.0. The Morgan fingerprint density at radius 2 is 1.90 bits per heavy atom. The van der Waals surface area contributed by atoms with Gasteiger partial charge in [-0.2, -0.15) is 10.4 Å². The number of sulfone groups is 1. The zero-order valence-electron chi connectivity index (χ0n) is 16.8. The summed E-state index contributed by atoms with van der Waals surface area (Å²) in [5.74, 6) is -0.515. The second-order valence-electron chi connectivity index (χ2n) is 8.10. The second-order valence-corrected chi connectivity index (χ2v) is 11.0. The summed E-state index contributed by atoms with van der Waals surface area (Å²) in [6.45, 7) is 7.84. The van der Waals surface area contributed by atoms with E-state index in [2.05, 4.69) is 10.1 Å². The molecule has 0 fully saturated rings. The molecule has 0 bridgehead atoms. The molecule has 29 heavy (non-hydrogen) atoms. The molecule has 0 saturated carbocycles. The molecular weight excluding hydrogens is 412 g/mol. The van der Waals surface area contributed by atoms with Crippen LogP contribution in [0, 0.1) is 18.3 Å². The number of benzene rings is 1. The maximum Gasteiger partial charge on any atom is 0.213 e. The molecule has 0 aliphatic rings. The number of rotatable bonds is 5. The number of aryl methyl sites for hydroxylation is 1.